The van der Waals surface area contributed by atoms with Crippen molar-refractivity contribution in [2.24, 2.45) is 4.99 Å². The van der Waals surface area contributed by atoms with E-state index in [1.54, 1.807) is 37.5 Å². The van der Waals surface area contributed by atoms with E-state index in [-0.39, 0.29) is 16.5 Å². The summed E-state index contributed by atoms with van der Waals surface area (Å²) in [7, 11) is 3.57. The van der Waals surface area contributed by atoms with E-state index in [1.165, 1.54) is 28.8 Å². The number of aliphatic imine (C=N–C) groups is 1. The van der Waals surface area contributed by atoms with Crippen LogP contribution in [0.1, 0.15) is 12.5 Å². The van der Waals surface area contributed by atoms with Gasteiger partial charge in [-0.15, -0.1) is 11.8 Å². The number of halogens is 4. The maximum Gasteiger partial charge on any atom is 0.416 e. The van der Waals surface area contributed by atoms with Gasteiger partial charge in [0, 0.05) is 31.5 Å². The molecule has 0 fully saturated rings. The third kappa shape index (κ3) is 4.93. The van der Waals surface area contributed by atoms with Crippen LogP contribution in [0.25, 0.3) is 17.1 Å². The van der Waals surface area contributed by atoms with Crippen molar-refractivity contribution in [3.05, 3.63) is 47.2 Å². The van der Waals surface area contributed by atoms with Crippen molar-refractivity contribution in [3.63, 3.8) is 0 Å². The van der Waals surface area contributed by atoms with Gasteiger partial charge in [-0.1, -0.05) is 18.5 Å². The number of rotatable bonds is 6. The fourth-order valence-electron chi connectivity index (χ4n) is 2.61. The summed E-state index contributed by atoms with van der Waals surface area (Å²) in [6.45, 7) is 1.92. The molecule has 6 nitrogen and oxygen atoms in total. The molecule has 0 spiro atoms. The third-order valence-corrected chi connectivity index (χ3v) is 4.84. The van der Waals surface area contributed by atoms with Gasteiger partial charge < -0.3 is 4.90 Å². The highest BCUT2D eigenvalue weighted by Gasteiger charge is 2.32. The molecule has 0 aliphatic rings. The van der Waals surface area contributed by atoms with Crippen molar-refractivity contribution in [2.75, 3.05) is 19.8 Å². The van der Waals surface area contributed by atoms with E-state index in [4.69, 9.17) is 11.6 Å². The quantitative estimate of drug-likeness (QED) is 0.286. The molecule has 0 saturated carbocycles. The van der Waals surface area contributed by atoms with Gasteiger partial charge in [-0.05, 0) is 35.6 Å². The minimum atomic E-state index is -4.54. The van der Waals surface area contributed by atoms with E-state index in [0.717, 1.165) is 12.1 Å². The van der Waals surface area contributed by atoms with Crippen LogP contribution < -0.4 is 0 Å². The molecule has 158 valence electrons. The molecule has 0 unspecified atom stereocenters. The maximum absolute atomic E-state index is 13.4. The number of hydrogen-bond acceptors (Lipinski definition) is 5. The summed E-state index contributed by atoms with van der Waals surface area (Å²) in [6.07, 6.45) is 0.104. The van der Waals surface area contributed by atoms with E-state index in [0.29, 0.717) is 22.2 Å². The zero-order valence-corrected chi connectivity index (χ0v) is 17.9. The average Bonchev–Trinajstić information content (AvgIpc) is 3.04. The SMILES string of the molecule is CCSc1nn(-c2ncccn2)c(N=CN(C)C)c1-c1cc(Cl)cc(C(F)(F)F)c1. The zero-order valence-electron chi connectivity index (χ0n) is 16.4. The predicted molar refractivity (Wildman–Crippen MR) is 113 cm³/mol. The Kier molecular flexibility index (Phi) is 6.67. The summed E-state index contributed by atoms with van der Waals surface area (Å²) in [4.78, 5) is 14.6. The van der Waals surface area contributed by atoms with Crippen LogP contribution in [0.2, 0.25) is 5.02 Å². The van der Waals surface area contributed by atoms with Crippen molar-refractivity contribution in [2.45, 2.75) is 18.1 Å². The Morgan fingerprint density at radius 1 is 1.20 bits per heavy atom. The standard InChI is InChI=1S/C19H18ClF3N6S/c1-4-30-17-15(12-8-13(19(21,22)23)10-14(20)9-12)16(26-11-28(2)3)29(27-17)18-24-6-5-7-25-18/h5-11H,4H2,1-3H3. The van der Waals surface area contributed by atoms with Gasteiger partial charge in [-0.3, -0.25) is 0 Å². The highest BCUT2D eigenvalue weighted by atomic mass is 35.5. The molecule has 0 amide bonds. The molecule has 0 saturated heterocycles. The summed E-state index contributed by atoms with van der Waals surface area (Å²) in [5.74, 6) is 1.22. The first-order valence-electron chi connectivity index (χ1n) is 8.82. The lowest BCUT2D eigenvalue weighted by molar-refractivity contribution is -0.137. The zero-order chi connectivity index (χ0) is 21.9. The lowest BCUT2D eigenvalue weighted by Gasteiger charge is -2.11. The van der Waals surface area contributed by atoms with Crippen LogP contribution in [0.15, 0.2) is 46.7 Å². The molecule has 0 aliphatic heterocycles. The van der Waals surface area contributed by atoms with E-state index in [2.05, 4.69) is 20.1 Å². The monoisotopic (exact) mass is 454 g/mol. The molecule has 1 aromatic carbocycles. The minimum Gasteiger partial charge on any atom is -0.369 e. The molecule has 0 radical (unpaired) electrons. The van der Waals surface area contributed by atoms with Gasteiger partial charge in [-0.2, -0.15) is 23.0 Å². The highest BCUT2D eigenvalue weighted by molar-refractivity contribution is 7.99. The van der Waals surface area contributed by atoms with Gasteiger partial charge in [0.15, 0.2) is 5.82 Å². The molecule has 2 heterocycles. The maximum atomic E-state index is 13.4. The molecule has 2 aromatic heterocycles. The molecular weight excluding hydrogens is 437 g/mol. The van der Waals surface area contributed by atoms with Crippen molar-refractivity contribution < 1.29 is 13.2 Å². The van der Waals surface area contributed by atoms with E-state index >= 15 is 0 Å². The van der Waals surface area contributed by atoms with Gasteiger partial charge in [-0.25, -0.2) is 15.0 Å². The lowest BCUT2D eigenvalue weighted by Crippen LogP contribution is -2.08. The first-order chi connectivity index (χ1) is 14.2. The minimum absolute atomic E-state index is 0.0291. The summed E-state index contributed by atoms with van der Waals surface area (Å²) in [5.41, 5.74) is -0.150. The van der Waals surface area contributed by atoms with Gasteiger partial charge in [0.1, 0.15) is 5.03 Å². The molecule has 0 atom stereocenters. The number of nitrogens with zero attached hydrogens (tertiary/aromatic N) is 6. The predicted octanol–water partition coefficient (Wildman–Crippen LogP) is 5.33. The van der Waals surface area contributed by atoms with Crippen LogP contribution in [-0.2, 0) is 6.18 Å². The second-order valence-corrected chi connectivity index (χ2v) is 8.02. The Hall–Kier alpha value is -2.59. The van der Waals surface area contributed by atoms with Crippen molar-refractivity contribution in [1.82, 2.24) is 24.6 Å². The molecule has 11 heteroatoms. The normalized spacial score (nSPS) is 12.0. The number of hydrogen-bond donors (Lipinski definition) is 0. The van der Waals surface area contributed by atoms with E-state index in [1.807, 2.05) is 6.92 Å². The summed E-state index contributed by atoms with van der Waals surface area (Å²) in [5, 5.41) is 5.02. The van der Waals surface area contributed by atoms with Crippen LogP contribution in [-0.4, -0.2) is 50.8 Å². The molecule has 3 rings (SSSR count). The molecule has 0 aliphatic carbocycles. The number of thioether (sulfide) groups is 1. The van der Waals surface area contributed by atoms with Crippen molar-refractivity contribution in [3.8, 4) is 17.1 Å². The first-order valence-corrected chi connectivity index (χ1v) is 10.2. The average molecular weight is 455 g/mol. The Morgan fingerprint density at radius 3 is 2.50 bits per heavy atom. The lowest BCUT2D eigenvalue weighted by atomic mass is 10.0. The largest absolute Gasteiger partial charge is 0.416 e. The van der Waals surface area contributed by atoms with E-state index < -0.39 is 11.7 Å². The van der Waals surface area contributed by atoms with Crippen LogP contribution in [0.5, 0.6) is 0 Å². The highest BCUT2D eigenvalue weighted by Crippen LogP contribution is 2.42. The van der Waals surface area contributed by atoms with Crippen molar-refractivity contribution >= 4 is 35.5 Å². The Balaban J connectivity index is 2.32. The van der Waals surface area contributed by atoms with Crippen LogP contribution in [0.4, 0.5) is 19.0 Å². The van der Waals surface area contributed by atoms with Gasteiger partial charge in [0.2, 0.25) is 0 Å². The smallest absolute Gasteiger partial charge is 0.369 e. The Morgan fingerprint density at radius 2 is 1.90 bits per heavy atom. The van der Waals surface area contributed by atoms with Crippen LogP contribution in [0, 0.1) is 0 Å². The fourth-order valence-corrected chi connectivity index (χ4v) is 3.61. The fraction of sp³-hybridized carbons (Fsp3) is 0.263. The first kappa shape index (κ1) is 22.1. The second kappa shape index (κ2) is 9.05. The van der Waals surface area contributed by atoms with Gasteiger partial charge in [0.05, 0.1) is 17.5 Å². The molecule has 30 heavy (non-hydrogen) atoms. The van der Waals surface area contributed by atoms with Gasteiger partial charge in [0.25, 0.3) is 5.95 Å². The summed E-state index contributed by atoms with van der Waals surface area (Å²) >= 11 is 7.41. The van der Waals surface area contributed by atoms with Crippen molar-refractivity contribution in [1.29, 1.82) is 0 Å². The number of alkyl halides is 3. The van der Waals surface area contributed by atoms with Crippen LogP contribution >= 0.6 is 23.4 Å². The Bertz CT molecular complexity index is 1050. The summed E-state index contributed by atoms with van der Waals surface area (Å²) < 4.78 is 41.6. The second-order valence-electron chi connectivity index (χ2n) is 6.33. The van der Waals surface area contributed by atoms with E-state index in [9.17, 15) is 13.2 Å². The molecule has 0 bridgehead atoms. The molecular formula is C19H18ClF3N6S. The number of aromatic nitrogens is 4. The summed E-state index contributed by atoms with van der Waals surface area (Å²) in [6, 6.07) is 5.07. The number of benzene rings is 1. The third-order valence-electron chi connectivity index (χ3n) is 3.78. The van der Waals surface area contributed by atoms with Gasteiger partial charge >= 0.3 is 6.18 Å². The van der Waals surface area contributed by atoms with Crippen LogP contribution in [0.3, 0.4) is 0 Å². The Labute approximate surface area is 180 Å². The molecule has 0 N–H and O–H groups in total. The topological polar surface area (TPSA) is 59.2 Å². The molecule has 3 aromatic rings.